The van der Waals surface area contributed by atoms with Gasteiger partial charge in [0.2, 0.25) is 0 Å². The monoisotopic (exact) mass is 271 g/mol. The highest BCUT2D eigenvalue weighted by molar-refractivity contribution is 5.34. The molecular weight excluding hydrogens is 250 g/mol. The predicted molar refractivity (Wildman–Crippen MR) is 78.0 cm³/mol. The van der Waals surface area contributed by atoms with Gasteiger partial charge in [-0.3, -0.25) is 4.68 Å². The first kappa shape index (κ1) is 14.4. The van der Waals surface area contributed by atoms with Crippen molar-refractivity contribution < 1.29 is 0 Å². The van der Waals surface area contributed by atoms with Crippen LogP contribution in [0.3, 0.4) is 0 Å². The molecule has 0 aliphatic rings. The highest BCUT2D eigenvalue weighted by atomic mass is 15.3. The molecular formula is C15H21N5. The fourth-order valence-electron chi connectivity index (χ4n) is 2.41. The van der Waals surface area contributed by atoms with Crippen LogP contribution in [0.25, 0.3) is 0 Å². The molecule has 2 aromatic rings. The molecule has 0 fully saturated rings. The van der Waals surface area contributed by atoms with Gasteiger partial charge in [-0.15, -0.1) is 0 Å². The molecule has 0 atom stereocenters. The lowest BCUT2D eigenvalue weighted by Gasteiger charge is -2.05. The summed E-state index contributed by atoms with van der Waals surface area (Å²) in [7, 11) is 3.87. The van der Waals surface area contributed by atoms with Gasteiger partial charge in [0, 0.05) is 44.6 Å². The van der Waals surface area contributed by atoms with Crippen molar-refractivity contribution in [3.63, 3.8) is 0 Å². The quantitative estimate of drug-likeness (QED) is 0.902. The first-order valence-electron chi connectivity index (χ1n) is 6.84. The van der Waals surface area contributed by atoms with Gasteiger partial charge >= 0.3 is 0 Å². The summed E-state index contributed by atoms with van der Waals surface area (Å²) in [6.45, 7) is 5.72. The molecule has 0 saturated carbocycles. The molecule has 1 N–H and O–H groups in total. The summed E-state index contributed by atoms with van der Waals surface area (Å²) in [6.07, 6.45) is 3.01. The van der Waals surface area contributed by atoms with Crippen molar-refractivity contribution in [1.82, 2.24) is 19.7 Å². The van der Waals surface area contributed by atoms with Crippen LogP contribution < -0.4 is 5.32 Å². The van der Waals surface area contributed by atoms with E-state index in [0.29, 0.717) is 5.69 Å². The minimum Gasteiger partial charge on any atom is -0.340 e. The number of nitriles is 1. The molecule has 0 amide bonds. The Balaban J connectivity index is 2.01. The average Bonchev–Trinajstić information content (AvgIpc) is 2.93. The molecule has 2 aromatic heterocycles. The first-order valence-corrected chi connectivity index (χ1v) is 6.84. The molecule has 0 aliphatic heterocycles. The van der Waals surface area contributed by atoms with Gasteiger partial charge in [-0.2, -0.15) is 10.4 Å². The van der Waals surface area contributed by atoms with E-state index >= 15 is 0 Å². The van der Waals surface area contributed by atoms with Crippen molar-refractivity contribution in [3.8, 4) is 6.07 Å². The van der Waals surface area contributed by atoms with Crippen LogP contribution in [-0.4, -0.2) is 14.3 Å². The van der Waals surface area contributed by atoms with E-state index in [-0.39, 0.29) is 0 Å². The zero-order valence-electron chi connectivity index (χ0n) is 12.6. The summed E-state index contributed by atoms with van der Waals surface area (Å²) in [5, 5.41) is 16.9. The molecule has 0 spiro atoms. The highest BCUT2D eigenvalue weighted by Gasteiger charge is 2.09. The van der Waals surface area contributed by atoms with Crippen LogP contribution in [0.1, 0.15) is 35.1 Å². The van der Waals surface area contributed by atoms with Crippen LogP contribution in [0.4, 0.5) is 0 Å². The Morgan fingerprint density at radius 3 is 2.60 bits per heavy atom. The number of hydrogen-bond donors (Lipinski definition) is 1. The predicted octanol–water partition coefficient (Wildman–Crippen LogP) is 1.79. The van der Waals surface area contributed by atoms with Gasteiger partial charge in [0.25, 0.3) is 0 Å². The lowest BCUT2D eigenvalue weighted by atomic mass is 10.2. The number of aryl methyl sites for hydroxylation is 2. The van der Waals surface area contributed by atoms with Crippen molar-refractivity contribution in [3.05, 3.63) is 40.5 Å². The summed E-state index contributed by atoms with van der Waals surface area (Å²) < 4.78 is 3.79. The Hall–Kier alpha value is -2.06. The number of aromatic nitrogens is 3. The van der Waals surface area contributed by atoms with Crippen LogP contribution >= 0.6 is 0 Å². The largest absolute Gasteiger partial charge is 0.340 e. The second-order valence-electron chi connectivity index (χ2n) is 5.04. The fraction of sp³-hybridized carbons (Fsp3) is 0.467. The third-order valence-corrected chi connectivity index (χ3v) is 3.71. The number of rotatable bonds is 5. The smallest absolute Gasteiger partial charge is 0.120 e. The van der Waals surface area contributed by atoms with Gasteiger partial charge in [0.15, 0.2) is 0 Å². The molecule has 0 saturated heterocycles. The Morgan fingerprint density at radius 1 is 1.30 bits per heavy atom. The van der Waals surface area contributed by atoms with Crippen LogP contribution in [0, 0.1) is 18.3 Å². The van der Waals surface area contributed by atoms with Gasteiger partial charge in [0.05, 0.1) is 5.69 Å². The molecule has 5 heteroatoms. The molecule has 5 nitrogen and oxygen atoms in total. The van der Waals surface area contributed by atoms with E-state index < -0.39 is 0 Å². The van der Waals surface area contributed by atoms with Gasteiger partial charge in [-0.1, -0.05) is 6.92 Å². The summed E-state index contributed by atoms with van der Waals surface area (Å²) in [6, 6.07) is 4.16. The Kier molecular flexibility index (Phi) is 4.26. The summed E-state index contributed by atoms with van der Waals surface area (Å²) in [5.74, 6) is 0. The van der Waals surface area contributed by atoms with E-state index in [1.165, 1.54) is 11.1 Å². The molecule has 106 valence electrons. The summed E-state index contributed by atoms with van der Waals surface area (Å²) in [4.78, 5) is 0. The Morgan fingerprint density at radius 2 is 2.00 bits per heavy atom. The van der Waals surface area contributed by atoms with Crippen molar-refractivity contribution in [2.75, 3.05) is 0 Å². The molecule has 0 aromatic carbocycles. The molecule has 0 radical (unpaired) electrons. The summed E-state index contributed by atoms with van der Waals surface area (Å²) >= 11 is 0. The van der Waals surface area contributed by atoms with E-state index in [2.05, 4.69) is 29.6 Å². The molecule has 0 aliphatic carbocycles. The molecule has 0 unspecified atom stereocenters. The highest BCUT2D eigenvalue weighted by Crippen LogP contribution is 2.13. The van der Waals surface area contributed by atoms with E-state index in [0.717, 1.165) is 30.9 Å². The lowest BCUT2D eigenvalue weighted by molar-refractivity contribution is 0.682. The van der Waals surface area contributed by atoms with Crippen molar-refractivity contribution in [1.29, 1.82) is 5.26 Å². The normalized spacial score (nSPS) is 10.8. The number of nitrogens with zero attached hydrogens (tertiary/aromatic N) is 4. The third-order valence-electron chi connectivity index (χ3n) is 3.71. The Labute approximate surface area is 119 Å². The zero-order chi connectivity index (χ0) is 14.7. The van der Waals surface area contributed by atoms with Crippen molar-refractivity contribution in [2.24, 2.45) is 14.1 Å². The molecule has 2 rings (SSSR count). The van der Waals surface area contributed by atoms with E-state index in [4.69, 9.17) is 5.26 Å². The van der Waals surface area contributed by atoms with E-state index in [9.17, 15) is 0 Å². The van der Waals surface area contributed by atoms with Crippen molar-refractivity contribution >= 4 is 0 Å². The van der Waals surface area contributed by atoms with E-state index in [1.807, 2.05) is 36.3 Å². The van der Waals surface area contributed by atoms with E-state index in [1.54, 1.807) is 0 Å². The molecule has 20 heavy (non-hydrogen) atoms. The topological polar surface area (TPSA) is 58.6 Å². The van der Waals surface area contributed by atoms with Crippen molar-refractivity contribution in [2.45, 2.75) is 33.4 Å². The summed E-state index contributed by atoms with van der Waals surface area (Å²) in [5.41, 5.74) is 5.39. The minimum absolute atomic E-state index is 0.704. The minimum atomic E-state index is 0.704. The fourth-order valence-corrected chi connectivity index (χ4v) is 2.41. The van der Waals surface area contributed by atoms with Crippen LogP contribution in [0.2, 0.25) is 0 Å². The van der Waals surface area contributed by atoms with Crippen LogP contribution in [-0.2, 0) is 33.6 Å². The van der Waals surface area contributed by atoms with Gasteiger partial charge in [-0.25, -0.2) is 0 Å². The SMILES string of the molecule is CCc1nn(C)cc1CNCc1cc(C#N)n(C)c1C. The van der Waals surface area contributed by atoms with Gasteiger partial charge in [-0.05, 0) is 25.0 Å². The maximum Gasteiger partial charge on any atom is 0.120 e. The Bertz CT molecular complexity index is 642. The maximum atomic E-state index is 9.03. The zero-order valence-corrected chi connectivity index (χ0v) is 12.6. The van der Waals surface area contributed by atoms with Gasteiger partial charge in [0.1, 0.15) is 11.8 Å². The second-order valence-corrected chi connectivity index (χ2v) is 5.04. The lowest BCUT2D eigenvalue weighted by Crippen LogP contribution is -2.13. The van der Waals surface area contributed by atoms with Crippen LogP contribution in [0.15, 0.2) is 12.3 Å². The number of hydrogen-bond acceptors (Lipinski definition) is 3. The van der Waals surface area contributed by atoms with Crippen LogP contribution in [0.5, 0.6) is 0 Å². The third kappa shape index (κ3) is 2.75. The second kappa shape index (κ2) is 5.93. The number of nitrogens with one attached hydrogen (secondary N) is 1. The van der Waals surface area contributed by atoms with Gasteiger partial charge < -0.3 is 9.88 Å². The molecule has 0 bridgehead atoms. The average molecular weight is 271 g/mol. The maximum absolute atomic E-state index is 9.03. The molecule has 2 heterocycles. The standard InChI is InChI=1S/C15H21N5/c1-5-15-13(10-19(3)18-15)9-17-8-12-6-14(7-16)20(4)11(12)2/h6,10,17H,5,8-9H2,1-4H3. The first-order chi connectivity index (χ1) is 9.56.